The highest BCUT2D eigenvalue weighted by molar-refractivity contribution is 6.59. The van der Waals surface area contributed by atoms with Crippen LogP contribution in [0.2, 0.25) is 6.55 Å². The number of hydrogen-bond donors (Lipinski definition) is 0. The largest absolute Gasteiger partial charge is 0.497 e. The van der Waals surface area contributed by atoms with Crippen molar-refractivity contribution < 1.29 is 13.3 Å². The van der Waals surface area contributed by atoms with E-state index in [1.165, 1.54) is 24.0 Å². The molecule has 0 aromatic rings. The van der Waals surface area contributed by atoms with E-state index in [9.17, 15) is 0 Å². The molecule has 2 saturated carbocycles. The zero-order chi connectivity index (χ0) is 19.5. The summed E-state index contributed by atoms with van der Waals surface area (Å²) < 4.78 is 19.2. The maximum atomic E-state index is 6.64. The van der Waals surface area contributed by atoms with Gasteiger partial charge in [-0.15, -0.1) is 0 Å². The van der Waals surface area contributed by atoms with E-state index in [4.69, 9.17) is 13.3 Å². The van der Waals surface area contributed by atoms with Crippen molar-refractivity contribution in [1.82, 2.24) is 0 Å². The molecule has 0 bridgehead atoms. The van der Waals surface area contributed by atoms with Crippen LogP contribution in [0.3, 0.4) is 0 Å². The minimum Gasteiger partial charge on any atom is -0.377 e. The molecule has 0 amide bonds. The Hall–Kier alpha value is -0.423. The second kappa shape index (κ2) is 9.18. The van der Waals surface area contributed by atoms with Crippen LogP contribution >= 0.6 is 0 Å². The van der Waals surface area contributed by atoms with Gasteiger partial charge < -0.3 is 13.3 Å². The molecule has 4 unspecified atom stereocenters. The zero-order valence-corrected chi connectivity index (χ0v) is 18.8. The fourth-order valence-electron chi connectivity index (χ4n) is 4.72. The van der Waals surface area contributed by atoms with Gasteiger partial charge in [0, 0.05) is 25.5 Å². The van der Waals surface area contributed by atoms with Crippen LogP contribution in [-0.4, -0.2) is 28.1 Å². The summed E-state index contributed by atoms with van der Waals surface area (Å²) in [4.78, 5) is 0. The highest BCUT2D eigenvalue weighted by Gasteiger charge is 2.45. The van der Waals surface area contributed by atoms with Crippen molar-refractivity contribution in [2.24, 2.45) is 23.7 Å². The third-order valence-corrected chi connectivity index (χ3v) is 8.68. The fourth-order valence-corrected chi connectivity index (χ4v) is 6.59. The number of rotatable bonds is 7. The Morgan fingerprint density at radius 1 is 0.808 bits per heavy atom. The maximum absolute atomic E-state index is 6.64. The summed E-state index contributed by atoms with van der Waals surface area (Å²) in [6.45, 7) is 19.4. The molecule has 2 aliphatic carbocycles. The first-order chi connectivity index (χ1) is 12.1. The third kappa shape index (κ3) is 5.54. The molecule has 0 aliphatic heterocycles. The molecular weight excluding hydrogens is 340 g/mol. The molecule has 0 N–H and O–H groups in total. The van der Waals surface area contributed by atoms with Gasteiger partial charge in [-0.2, -0.15) is 0 Å². The molecule has 0 saturated heterocycles. The van der Waals surface area contributed by atoms with Crippen molar-refractivity contribution in [3.05, 3.63) is 24.3 Å². The molecule has 3 nitrogen and oxygen atoms in total. The minimum absolute atomic E-state index is 0.164. The zero-order valence-electron chi connectivity index (χ0n) is 17.8. The van der Waals surface area contributed by atoms with Gasteiger partial charge in [-0.25, -0.2) is 0 Å². The lowest BCUT2D eigenvalue weighted by Crippen LogP contribution is -2.52. The molecule has 0 radical (unpaired) electrons. The van der Waals surface area contributed by atoms with E-state index in [1.807, 2.05) is 0 Å². The van der Waals surface area contributed by atoms with Crippen LogP contribution < -0.4 is 0 Å². The highest BCUT2D eigenvalue weighted by Crippen LogP contribution is 2.39. The molecule has 0 heterocycles. The SMILES string of the molecule is C=C(C)C1CCC(C)CC1O[Si](C)(OC)O[C@@H]1C[C@@H](C)CC[C@@H]1C(=C)C. The summed E-state index contributed by atoms with van der Waals surface area (Å²) >= 11 is 0. The predicted molar refractivity (Wildman–Crippen MR) is 111 cm³/mol. The lowest BCUT2D eigenvalue weighted by atomic mass is 9.78. The molecule has 26 heavy (non-hydrogen) atoms. The lowest BCUT2D eigenvalue weighted by Gasteiger charge is -2.43. The molecule has 0 aromatic carbocycles. The third-order valence-electron chi connectivity index (χ3n) is 6.48. The second-order valence-electron chi connectivity index (χ2n) is 9.12. The average Bonchev–Trinajstić information content (AvgIpc) is 2.54. The van der Waals surface area contributed by atoms with Gasteiger partial charge in [0.15, 0.2) is 0 Å². The smallest absolute Gasteiger partial charge is 0.377 e. The summed E-state index contributed by atoms with van der Waals surface area (Å²) in [5, 5.41) is 0. The molecular formula is C22H40O3Si. The quantitative estimate of drug-likeness (QED) is 0.400. The van der Waals surface area contributed by atoms with Gasteiger partial charge in [0.05, 0.1) is 12.2 Å². The Morgan fingerprint density at radius 3 is 1.50 bits per heavy atom. The van der Waals surface area contributed by atoms with Gasteiger partial charge in [-0.3, -0.25) is 0 Å². The van der Waals surface area contributed by atoms with E-state index < -0.39 is 8.80 Å². The van der Waals surface area contributed by atoms with Crippen molar-refractivity contribution in [3.8, 4) is 0 Å². The summed E-state index contributed by atoms with van der Waals surface area (Å²) in [5.41, 5.74) is 2.45. The molecule has 150 valence electrons. The molecule has 0 spiro atoms. The topological polar surface area (TPSA) is 27.7 Å². The van der Waals surface area contributed by atoms with E-state index >= 15 is 0 Å². The van der Waals surface area contributed by atoms with Crippen LogP contribution in [0.1, 0.15) is 66.2 Å². The molecule has 2 rings (SSSR count). The fraction of sp³-hybridized carbons (Fsp3) is 0.818. The Labute approximate surface area is 162 Å². The molecule has 4 heteroatoms. The minimum atomic E-state index is -2.71. The first-order valence-corrected chi connectivity index (χ1v) is 12.6. The molecule has 2 aliphatic rings. The van der Waals surface area contributed by atoms with Crippen LogP contribution in [0.5, 0.6) is 0 Å². The van der Waals surface area contributed by atoms with E-state index in [0.717, 1.165) is 25.7 Å². The molecule has 0 aromatic heterocycles. The standard InChI is InChI=1S/C22H40O3Si/c1-15(2)19-11-9-17(5)13-21(19)24-26(8,23-7)25-22-14-18(6)10-12-20(22)16(3)4/h17-22H,1,3,9-14H2,2,4-8H3/t17-,18?,19+,20?,21+,22?,26?/m0/s1. The van der Waals surface area contributed by atoms with Crippen molar-refractivity contribution in [1.29, 1.82) is 0 Å². The Bertz CT molecular complexity index is 464. The Morgan fingerprint density at radius 2 is 1.19 bits per heavy atom. The van der Waals surface area contributed by atoms with Gasteiger partial charge in [0.1, 0.15) is 0 Å². The maximum Gasteiger partial charge on any atom is 0.497 e. The second-order valence-corrected chi connectivity index (χ2v) is 11.7. The van der Waals surface area contributed by atoms with E-state index in [0.29, 0.717) is 23.7 Å². The summed E-state index contributed by atoms with van der Waals surface area (Å²) in [5.74, 6) is 2.20. The first-order valence-electron chi connectivity index (χ1n) is 10.4. The summed E-state index contributed by atoms with van der Waals surface area (Å²) in [6, 6.07) is 0. The van der Waals surface area contributed by atoms with Crippen LogP contribution in [0.25, 0.3) is 0 Å². The van der Waals surface area contributed by atoms with E-state index in [2.05, 4.69) is 47.4 Å². The summed E-state index contributed by atoms with van der Waals surface area (Å²) in [7, 11) is -0.969. The van der Waals surface area contributed by atoms with Gasteiger partial charge in [0.2, 0.25) is 0 Å². The van der Waals surface area contributed by atoms with Crippen molar-refractivity contribution in [2.75, 3.05) is 7.11 Å². The van der Waals surface area contributed by atoms with Crippen LogP contribution in [0, 0.1) is 23.7 Å². The lowest BCUT2D eigenvalue weighted by molar-refractivity contribution is -0.0366. The van der Waals surface area contributed by atoms with Crippen molar-refractivity contribution >= 4 is 8.80 Å². The predicted octanol–water partition coefficient (Wildman–Crippen LogP) is 6.00. The summed E-state index contributed by atoms with van der Waals surface area (Å²) in [6.07, 6.45) is 7.28. The Balaban J connectivity index is 2.12. The van der Waals surface area contributed by atoms with Crippen molar-refractivity contribution in [3.63, 3.8) is 0 Å². The van der Waals surface area contributed by atoms with Crippen LogP contribution in [0.15, 0.2) is 24.3 Å². The normalized spacial score (nSPS) is 37.8. The van der Waals surface area contributed by atoms with Crippen molar-refractivity contribution in [2.45, 2.75) is 85.0 Å². The van der Waals surface area contributed by atoms with E-state index in [-0.39, 0.29) is 12.2 Å². The highest BCUT2D eigenvalue weighted by atomic mass is 28.4. The first kappa shape index (κ1) is 21.9. The van der Waals surface area contributed by atoms with Gasteiger partial charge >= 0.3 is 8.80 Å². The average molecular weight is 381 g/mol. The van der Waals surface area contributed by atoms with Gasteiger partial charge in [0.25, 0.3) is 0 Å². The Kier molecular flexibility index (Phi) is 7.72. The number of hydrogen-bond acceptors (Lipinski definition) is 3. The van der Waals surface area contributed by atoms with Crippen LogP contribution in [0.4, 0.5) is 0 Å². The monoisotopic (exact) mass is 380 g/mol. The van der Waals surface area contributed by atoms with Gasteiger partial charge in [-0.05, 0) is 64.2 Å². The van der Waals surface area contributed by atoms with E-state index in [1.54, 1.807) is 7.11 Å². The molecule has 2 fully saturated rings. The molecule has 7 atom stereocenters. The van der Waals surface area contributed by atoms with Gasteiger partial charge in [-0.1, -0.05) is 38.2 Å². The van der Waals surface area contributed by atoms with Crippen LogP contribution in [-0.2, 0) is 13.3 Å².